The lowest BCUT2D eigenvalue weighted by Gasteiger charge is -2.35. The van der Waals surface area contributed by atoms with Crippen LogP contribution >= 0.6 is 11.6 Å². The van der Waals surface area contributed by atoms with E-state index in [2.05, 4.69) is 10.2 Å². The van der Waals surface area contributed by atoms with Gasteiger partial charge in [0.25, 0.3) is 5.91 Å². The number of para-hydroxylation sites is 1. The summed E-state index contributed by atoms with van der Waals surface area (Å²) < 4.78 is 42.4. The molecule has 1 fully saturated rings. The van der Waals surface area contributed by atoms with Gasteiger partial charge in [0.15, 0.2) is 0 Å². The van der Waals surface area contributed by atoms with Gasteiger partial charge in [-0.2, -0.15) is 4.31 Å². The third-order valence-corrected chi connectivity index (χ3v) is 8.08. The van der Waals surface area contributed by atoms with E-state index in [1.54, 1.807) is 6.07 Å². The molecule has 3 aromatic rings. The van der Waals surface area contributed by atoms with Crippen molar-refractivity contribution in [3.05, 3.63) is 88.2 Å². The number of carbonyl (C=O) groups excluding carboxylic acids is 1. The van der Waals surface area contributed by atoms with E-state index in [0.29, 0.717) is 23.8 Å². The first kappa shape index (κ1) is 24.2. The highest BCUT2D eigenvalue weighted by atomic mass is 35.5. The second-order valence-electron chi connectivity index (χ2n) is 8.23. The highest BCUT2D eigenvalue weighted by Crippen LogP contribution is 2.26. The topological polar surface area (TPSA) is 69.7 Å². The smallest absolute Gasteiger partial charge is 0.258 e. The van der Waals surface area contributed by atoms with Crippen molar-refractivity contribution in [1.82, 2.24) is 4.31 Å². The fourth-order valence-corrected chi connectivity index (χ4v) is 5.67. The quantitative estimate of drug-likeness (QED) is 0.542. The molecule has 0 aliphatic carbocycles. The number of anilines is 2. The number of piperazine rings is 1. The summed E-state index contributed by atoms with van der Waals surface area (Å²) in [5, 5.41) is 3.33. The summed E-state index contributed by atoms with van der Waals surface area (Å²) in [6, 6.07) is 16.3. The van der Waals surface area contributed by atoms with E-state index in [1.165, 1.54) is 10.4 Å². The number of rotatable bonds is 5. The highest BCUT2D eigenvalue weighted by Gasteiger charge is 2.30. The first-order chi connectivity index (χ1) is 16.2. The van der Waals surface area contributed by atoms with Crippen LogP contribution in [0.25, 0.3) is 0 Å². The number of halogens is 2. The van der Waals surface area contributed by atoms with Crippen LogP contribution in [0.4, 0.5) is 15.8 Å². The van der Waals surface area contributed by atoms with Crippen molar-refractivity contribution in [3.63, 3.8) is 0 Å². The first-order valence-corrected chi connectivity index (χ1v) is 12.7. The van der Waals surface area contributed by atoms with Crippen LogP contribution in [0.2, 0.25) is 5.02 Å². The molecule has 0 bridgehead atoms. The number of hydrogen-bond donors (Lipinski definition) is 1. The van der Waals surface area contributed by atoms with Crippen molar-refractivity contribution >= 4 is 38.9 Å². The van der Waals surface area contributed by atoms with Gasteiger partial charge >= 0.3 is 0 Å². The van der Waals surface area contributed by atoms with Crippen molar-refractivity contribution in [2.24, 2.45) is 0 Å². The minimum absolute atomic E-state index is 0.114. The molecule has 0 unspecified atom stereocenters. The number of carbonyl (C=O) groups is 1. The molecule has 0 radical (unpaired) electrons. The van der Waals surface area contributed by atoms with E-state index < -0.39 is 21.7 Å². The SMILES string of the molecule is Cc1cccc(C)c1NC(=O)c1cc(S(=O)(=O)N2CCN(c3cccc(Cl)c3)CC2)ccc1F. The standard InChI is InChI=1S/C25H25ClFN3O3S/c1-17-5-3-6-18(2)24(17)28-25(31)22-16-21(9-10-23(22)27)34(32,33)30-13-11-29(12-14-30)20-8-4-7-19(26)15-20/h3-10,15-16H,11-14H2,1-2H3,(H,28,31). The van der Waals surface area contributed by atoms with Crippen molar-refractivity contribution < 1.29 is 17.6 Å². The van der Waals surface area contributed by atoms with E-state index in [4.69, 9.17) is 11.6 Å². The zero-order chi connectivity index (χ0) is 24.5. The third kappa shape index (κ3) is 4.94. The average Bonchev–Trinajstić information content (AvgIpc) is 2.81. The van der Waals surface area contributed by atoms with Crippen LogP contribution in [-0.2, 0) is 10.0 Å². The number of sulfonamides is 1. The van der Waals surface area contributed by atoms with E-state index >= 15 is 0 Å². The fourth-order valence-electron chi connectivity index (χ4n) is 4.04. The molecule has 4 rings (SSSR count). The molecule has 178 valence electrons. The normalized spacial score (nSPS) is 14.8. The Bertz CT molecular complexity index is 1320. The van der Waals surface area contributed by atoms with E-state index in [1.807, 2.05) is 50.2 Å². The first-order valence-electron chi connectivity index (χ1n) is 10.8. The monoisotopic (exact) mass is 501 g/mol. The van der Waals surface area contributed by atoms with Crippen LogP contribution in [0.15, 0.2) is 65.6 Å². The minimum atomic E-state index is -3.90. The predicted molar refractivity (Wildman–Crippen MR) is 133 cm³/mol. The number of benzene rings is 3. The molecular weight excluding hydrogens is 477 g/mol. The van der Waals surface area contributed by atoms with Crippen LogP contribution in [0, 0.1) is 19.7 Å². The molecule has 0 atom stereocenters. The van der Waals surface area contributed by atoms with Gasteiger partial charge in [0.1, 0.15) is 5.82 Å². The number of amides is 1. The zero-order valence-electron chi connectivity index (χ0n) is 18.9. The molecule has 1 saturated heterocycles. The van der Waals surface area contributed by atoms with Crippen molar-refractivity contribution in [2.75, 3.05) is 36.4 Å². The van der Waals surface area contributed by atoms with Crippen LogP contribution in [-0.4, -0.2) is 44.8 Å². The average molecular weight is 502 g/mol. The summed E-state index contributed by atoms with van der Waals surface area (Å²) in [6.45, 7) is 5.17. The Balaban J connectivity index is 1.53. The van der Waals surface area contributed by atoms with Gasteiger partial charge in [-0.3, -0.25) is 4.79 Å². The van der Waals surface area contributed by atoms with E-state index in [0.717, 1.165) is 28.9 Å². The second-order valence-corrected chi connectivity index (χ2v) is 10.6. The zero-order valence-corrected chi connectivity index (χ0v) is 20.5. The van der Waals surface area contributed by atoms with Gasteiger partial charge in [-0.1, -0.05) is 35.9 Å². The molecule has 9 heteroatoms. The van der Waals surface area contributed by atoms with Gasteiger partial charge in [0, 0.05) is 42.6 Å². The molecule has 3 aromatic carbocycles. The van der Waals surface area contributed by atoms with Crippen molar-refractivity contribution in [1.29, 1.82) is 0 Å². The summed E-state index contributed by atoms with van der Waals surface area (Å²) in [5.41, 5.74) is 2.85. The lowest BCUT2D eigenvalue weighted by atomic mass is 10.1. The molecule has 1 N–H and O–H groups in total. The maximum atomic E-state index is 14.5. The van der Waals surface area contributed by atoms with Crippen molar-refractivity contribution in [2.45, 2.75) is 18.7 Å². The summed E-state index contributed by atoms with van der Waals surface area (Å²) in [6.07, 6.45) is 0. The molecule has 1 amide bonds. The van der Waals surface area contributed by atoms with Gasteiger partial charge in [-0.15, -0.1) is 0 Å². The molecule has 1 aliphatic heterocycles. The van der Waals surface area contributed by atoms with Gasteiger partial charge in [0.05, 0.1) is 10.5 Å². The van der Waals surface area contributed by atoms with Crippen LogP contribution in [0.3, 0.4) is 0 Å². The van der Waals surface area contributed by atoms with Crippen molar-refractivity contribution in [3.8, 4) is 0 Å². The number of hydrogen-bond acceptors (Lipinski definition) is 4. The maximum Gasteiger partial charge on any atom is 0.258 e. The van der Waals surface area contributed by atoms with Gasteiger partial charge in [-0.05, 0) is 61.4 Å². The minimum Gasteiger partial charge on any atom is -0.369 e. The molecule has 6 nitrogen and oxygen atoms in total. The predicted octanol–water partition coefficient (Wildman–Crippen LogP) is 4.86. The Morgan fingerprint density at radius 2 is 1.59 bits per heavy atom. The lowest BCUT2D eigenvalue weighted by molar-refractivity contribution is 0.102. The Labute approximate surface area is 204 Å². The maximum absolute atomic E-state index is 14.5. The molecular formula is C25H25ClFN3O3S. The Hall–Kier alpha value is -2.94. The van der Waals surface area contributed by atoms with Crippen LogP contribution < -0.4 is 10.2 Å². The second kappa shape index (κ2) is 9.74. The van der Waals surface area contributed by atoms with E-state index in [9.17, 15) is 17.6 Å². The Morgan fingerprint density at radius 3 is 2.24 bits per heavy atom. The van der Waals surface area contributed by atoms with Crippen LogP contribution in [0.5, 0.6) is 0 Å². The number of nitrogens with one attached hydrogen (secondary N) is 1. The largest absolute Gasteiger partial charge is 0.369 e. The molecule has 34 heavy (non-hydrogen) atoms. The molecule has 1 heterocycles. The lowest BCUT2D eigenvalue weighted by Crippen LogP contribution is -2.48. The summed E-state index contributed by atoms with van der Waals surface area (Å²) >= 11 is 6.07. The molecule has 0 aromatic heterocycles. The Morgan fingerprint density at radius 1 is 0.941 bits per heavy atom. The summed E-state index contributed by atoms with van der Waals surface area (Å²) in [4.78, 5) is 14.8. The van der Waals surface area contributed by atoms with Gasteiger partial charge in [0.2, 0.25) is 10.0 Å². The number of aryl methyl sites for hydroxylation is 2. The molecule has 0 saturated carbocycles. The molecule has 0 spiro atoms. The summed E-state index contributed by atoms with van der Waals surface area (Å²) in [5.74, 6) is -1.48. The van der Waals surface area contributed by atoms with Gasteiger partial charge < -0.3 is 10.2 Å². The Kier molecular flexibility index (Phi) is 6.93. The van der Waals surface area contributed by atoms with Gasteiger partial charge in [-0.25, -0.2) is 12.8 Å². The van der Waals surface area contributed by atoms with Crippen LogP contribution in [0.1, 0.15) is 21.5 Å². The summed E-state index contributed by atoms with van der Waals surface area (Å²) in [7, 11) is -3.90. The third-order valence-electron chi connectivity index (χ3n) is 5.95. The molecule has 1 aliphatic rings. The number of nitrogens with zero attached hydrogens (tertiary/aromatic N) is 2. The fraction of sp³-hybridized carbons (Fsp3) is 0.240. The van der Waals surface area contributed by atoms with E-state index in [-0.39, 0.29) is 23.5 Å². The highest BCUT2D eigenvalue weighted by molar-refractivity contribution is 7.89.